The van der Waals surface area contributed by atoms with Gasteiger partial charge in [-0.05, 0) is 64.1 Å². The Kier molecular flexibility index (Phi) is 5.58. The van der Waals surface area contributed by atoms with E-state index in [4.69, 9.17) is 4.74 Å². The smallest absolute Gasteiger partial charge is 0.267 e. The summed E-state index contributed by atoms with van der Waals surface area (Å²) in [7, 11) is 0. The van der Waals surface area contributed by atoms with Gasteiger partial charge in [-0.2, -0.15) is 5.10 Å². The number of carbonyl (C=O) groups excluding carboxylic acids is 1. The number of hydrogen-bond acceptors (Lipinski definition) is 5. The molecule has 1 N–H and O–H groups in total. The van der Waals surface area contributed by atoms with Crippen molar-refractivity contribution in [1.82, 2.24) is 19.6 Å². The fourth-order valence-electron chi connectivity index (χ4n) is 2.83. The van der Waals surface area contributed by atoms with Crippen LogP contribution in [0, 0.1) is 13.8 Å². The number of anilines is 1. The van der Waals surface area contributed by atoms with E-state index in [1.54, 1.807) is 41.9 Å². The van der Waals surface area contributed by atoms with Gasteiger partial charge in [-0.1, -0.05) is 0 Å². The largest absolute Gasteiger partial charge is 0.494 e. The highest BCUT2D eigenvalue weighted by molar-refractivity contribution is 5.93. The number of aryl methyl sites for hydroxylation is 2. The molecule has 2 aromatic heterocycles. The number of hydrogen-bond donors (Lipinski definition) is 1. The number of carbonyl (C=O) groups is 1. The predicted molar refractivity (Wildman–Crippen MR) is 106 cm³/mol. The lowest BCUT2D eigenvalue weighted by molar-refractivity contribution is -0.119. The first-order valence-electron chi connectivity index (χ1n) is 9.06. The van der Waals surface area contributed by atoms with Gasteiger partial charge < -0.3 is 10.1 Å². The molecule has 8 nitrogen and oxygen atoms in total. The van der Waals surface area contributed by atoms with Gasteiger partial charge >= 0.3 is 0 Å². The summed E-state index contributed by atoms with van der Waals surface area (Å²) in [5, 5.41) is 11.5. The van der Waals surface area contributed by atoms with Crippen LogP contribution in [-0.2, 0) is 4.79 Å². The Hall–Kier alpha value is -3.42. The lowest BCUT2D eigenvalue weighted by Crippen LogP contribution is -2.33. The van der Waals surface area contributed by atoms with Crippen LogP contribution in [0.15, 0.2) is 47.3 Å². The number of benzene rings is 1. The Morgan fingerprint density at radius 3 is 2.46 bits per heavy atom. The molecule has 0 saturated heterocycles. The van der Waals surface area contributed by atoms with Crippen LogP contribution in [0.3, 0.4) is 0 Å². The van der Waals surface area contributed by atoms with E-state index >= 15 is 0 Å². The topological polar surface area (TPSA) is 91.0 Å². The Labute approximate surface area is 162 Å². The van der Waals surface area contributed by atoms with E-state index in [0.717, 1.165) is 21.8 Å². The zero-order valence-corrected chi connectivity index (χ0v) is 16.3. The van der Waals surface area contributed by atoms with E-state index < -0.39 is 6.04 Å². The second-order valence-corrected chi connectivity index (χ2v) is 6.44. The molecule has 3 rings (SSSR count). The first-order valence-corrected chi connectivity index (χ1v) is 9.06. The van der Waals surface area contributed by atoms with Gasteiger partial charge in [0, 0.05) is 17.4 Å². The van der Waals surface area contributed by atoms with E-state index in [1.807, 2.05) is 26.8 Å². The lowest BCUT2D eigenvalue weighted by atomic mass is 10.2. The van der Waals surface area contributed by atoms with Crippen molar-refractivity contribution < 1.29 is 9.53 Å². The average molecular weight is 381 g/mol. The van der Waals surface area contributed by atoms with Crippen LogP contribution in [0.5, 0.6) is 5.75 Å². The SMILES string of the molecule is CCOc1ccc(NC(=O)C(C)n2nc(-n3nc(C)cc3C)ccc2=O)cc1. The molecule has 1 amide bonds. The molecule has 3 aromatic rings. The zero-order chi connectivity index (χ0) is 20.3. The van der Waals surface area contributed by atoms with Gasteiger partial charge in [-0.15, -0.1) is 5.10 Å². The summed E-state index contributed by atoms with van der Waals surface area (Å²) in [5.74, 6) is 0.860. The van der Waals surface area contributed by atoms with Gasteiger partial charge in [-0.25, -0.2) is 9.36 Å². The number of aromatic nitrogens is 4. The molecule has 1 atom stereocenters. The molecule has 28 heavy (non-hydrogen) atoms. The highest BCUT2D eigenvalue weighted by Crippen LogP contribution is 2.17. The summed E-state index contributed by atoms with van der Waals surface area (Å²) in [6.45, 7) is 7.89. The number of nitrogens with one attached hydrogen (secondary N) is 1. The van der Waals surface area contributed by atoms with Crippen LogP contribution < -0.4 is 15.6 Å². The summed E-state index contributed by atoms with van der Waals surface area (Å²) < 4.78 is 8.19. The van der Waals surface area contributed by atoms with Gasteiger partial charge in [0.05, 0.1) is 12.3 Å². The van der Waals surface area contributed by atoms with Crippen molar-refractivity contribution in [2.45, 2.75) is 33.7 Å². The van der Waals surface area contributed by atoms with Crippen LogP contribution in [0.1, 0.15) is 31.3 Å². The Bertz CT molecular complexity index is 1040. The first kappa shape index (κ1) is 19.3. The molecular weight excluding hydrogens is 358 g/mol. The van der Waals surface area contributed by atoms with E-state index in [2.05, 4.69) is 15.5 Å². The minimum atomic E-state index is -0.795. The summed E-state index contributed by atoms with van der Waals surface area (Å²) in [6, 6.07) is 11.1. The van der Waals surface area contributed by atoms with E-state index in [1.165, 1.54) is 6.07 Å². The molecule has 146 valence electrons. The summed E-state index contributed by atoms with van der Waals surface area (Å²) in [6.07, 6.45) is 0. The van der Waals surface area contributed by atoms with Crippen LogP contribution >= 0.6 is 0 Å². The number of amides is 1. The van der Waals surface area contributed by atoms with Crippen LogP contribution in [0.25, 0.3) is 5.82 Å². The van der Waals surface area contributed by atoms with Gasteiger partial charge in [0.25, 0.3) is 5.56 Å². The minimum Gasteiger partial charge on any atom is -0.494 e. The maximum atomic E-state index is 12.6. The molecule has 0 spiro atoms. The normalized spacial score (nSPS) is 11.9. The second kappa shape index (κ2) is 8.08. The minimum absolute atomic E-state index is 0.343. The highest BCUT2D eigenvalue weighted by Gasteiger charge is 2.19. The van der Waals surface area contributed by atoms with Crippen LogP contribution in [0.4, 0.5) is 5.69 Å². The van der Waals surface area contributed by atoms with Crippen molar-refractivity contribution in [2.75, 3.05) is 11.9 Å². The van der Waals surface area contributed by atoms with Gasteiger partial charge in [0.2, 0.25) is 5.91 Å². The fraction of sp³-hybridized carbons (Fsp3) is 0.300. The van der Waals surface area contributed by atoms with Crippen molar-refractivity contribution in [3.8, 4) is 11.6 Å². The molecule has 0 aliphatic rings. The molecule has 0 saturated carbocycles. The molecular formula is C20H23N5O3. The van der Waals surface area contributed by atoms with Gasteiger partial charge in [0.1, 0.15) is 11.8 Å². The third-order valence-electron chi connectivity index (χ3n) is 4.22. The van der Waals surface area contributed by atoms with Crippen molar-refractivity contribution in [3.05, 3.63) is 64.2 Å². The standard InChI is InChI=1S/C20H23N5O3/c1-5-28-17-8-6-16(7-9-17)21-20(27)15(4)25-19(26)11-10-18(23-25)24-14(3)12-13(2)22-24/h6-12,15H,5H2,1-4H3,(H,21,27). The highest BCUT2D eigenvalue weighted by atomic mass is 16.5. The average Bonchev–Trinajstić information content (AvgIpc) is 3.01. The maximum Gasteiger partial charge on any atom is 0.267 e. The Morgan fingerprint density at radius 1 is 1.14 bits per heavy atom. The van der Waals surface area contributed by atoms with E-state index in [9.17, 15) is 9.59 Å². The predicted octanol–water partition coefficient (Wildman–Crippen LogP) is 2.64. The molecule has 0 bridgehead atoms. The monoisotopic (exact) mass is 381 g/mol. The molecule has 0 aliphatic carbocycles. The van der Waals surface area contributed by atoms with Crippen molar-refractivity contribution in [1.29, 1.82) is 0 Å². The molecule has 2 heterocycles. The molecule has 0 radical (unpaired) electrons. The van der Waals surface area contributed by atoms with Crippen molar-refractivity contribution in [3.63, 3.8) is 0 Å². The molecule has 0 fully saturated rings. The number of ether oxygens (including phenoxy) is 1. The van der Waals surface area contributed by atoms with E-state index in [0.29, 0.717) is 18.1 Å². The molecule has 1 unspecified atom stereocenters. The maximum absolute atomic E-state index is 12.6. The van der Waals surface area contributed by atoms with Crippen LogP contribution in [0.2, 0.25) is 0 Å². The summed E-state index contributed by atoms with van der Waals surface area (Å²) in [4.78, 5) is 24.9. The third-order valence-corrected chi connectivity index (χ3v) is 4.22. The Morgan fingerprint density at radius 2 is 1.86 bits per heavy atom. The zero-order valence-electron chi connectivity index (χ0n) is 16.3. The Balaban J connectivity index is 1.82. The lowest BCUT2D eigenvalue weighted by Gasteiger charge is -2.15. The van der Waals surface area contributed by atoms with Gasteiger partial charge in [-0.3, -0.25) is 9.59 Å². The molecule has 1 aromatic carbocycles. The number of rotatable bonds is 6. The van der Waals surface area contributed by atoms with Crippen LogP contribution in [-0.4, -0.2) is 32.1 Å². The van der Waals surface area contributed by atoms with E-state index in [-0.39, 0.29) is 11.5 Å². The summed E-state index contributed by atoms with van der Waals surface area (Å²) in [5.41, 5.74) is 1.99. The third kappa shape index (κ3) is 4.11. The quantitative estimate of drug-likeness (QED) is 0.709. The van der Waals surface area contributed by atoms with Crippen molar-refractivity contribution >= 4 is 11.6 Å². The van der Waals surface area contributed by atoms with Gasteiger partial charge in [0.15, 0.2) is 5.82 Å². The van der Waals surface area contributed by atoms with Crippen molar-refractivity contribution in [2.24, 2.45) is 0 Å². The number of nitrogens with zero attached hydrogens (tertiary/aromatic N) is 4. The second-order valence-electron chi connectivity index (χ2n) is 6.44. The molecule has 0 aliphatic heterocycles. The first-order chi connectivity index (χ1) is 13.4. The fourth-order valence-corrected chi connectivity index (χ4v) is 2.83. The molecule has 8 heteroatoms. The summed E-state index contributed by atoms with van der Waals surface area (Å²) >= 11 is 0.